The number of methoxy groups -OCH3 is 2. The maximum atomic E-state index is 13.2. The van der Waals surface area contributed by atoms with E-state index in [0.717, 1.165) is 24.3 Å². The van der Waals surface area contributed by atoms with Gasteiger partial charge >= 0.3 is 6.61 Å². The number of sulfone groups is 3. The van der Waals surface area contributed by atoms with Crippen LogP contribution in [0.1, 0.15) is 37.0 Å². The zero-order valence-corrected chi connectivity index (χ0v) is 56.6. The Labute approximate surface area is 575 Å². The van der Waals surface area contributed by atoms with Gasteiger partial charge in [-0.25, -0.2) is 55.2 Å². The molecule has 0 fully saturated rings. The van der Waals surface area contributed by atoms with Crippen LogP contribution in [0.2, 0.25) is 5.02 Å². The highest BCUT2D eigenvalue weighted by molar-refractivity contribution is 7.91. The zero-order chi connectivity index (χ0) is 71.5. The number of alkyl halides is 2. The Morgan fingerprint density at radius 2 is 0.730 bits per heavy atom. The van der Waals surface area contributed by atoms with E-state index >= 15 is 0 Å². The van der Waals surface area contributed by atoms with Gasteiger partial charge in [-0.15, -0.1) is 0 Å². The molecule has 100 heavy (non-hydrogen) atoms. The number of amides is 3. The van der Waals surface area contributed by atoms with Gasteiger partial charge in [0, 0.05) is 46.9 Å². The van der Waals surface area contributed by atoms with Gasteiger partial charge in [0.25, 0.3) is 35.4 Å². The molecule has 3 aromatic heterocycles. The fourth-order valence-electron chi connectivity index (χ4n) is 9.22. The minimum absolute atomic E-state index is 0.0180. The molecule has 3 amide bonds. The van der Waals surface area contributed by atoms with Crippen molar-refractivity contribution < 1.29 is 76.8 Å². The van der Waals surface area contributed by atoms with Crippen LogP contribution in [0.25, 0.3) is 33.1 Å². The van der Waals surface area contributed by atoms with E-state index in [1.165, 1.54) is 87.0 Å². The molecule has 12 aromatic rings. The molecular weight excluding hydrogens is 1380 g/mol. The highest BCUT2D eigenvalue weighted by atomic mass is 35.5. The minimum Gasteiger partial charge on any atom is -0.497 e. The number of rotatable bonds is 19. The summed E-state index contributed by atoms with van der Waals surface area (Å²) in [5.41, 5.74) is 4.09. The summed E-state index contributed by atoms with van der Waals surface area (Å²) in [6, 6.07) is 54.2. The van der Waals surface area contributed by atoms with Crippen LogP contribution in [-0.2, 0) is 29.5 Å². The van der Waals surface area contributed by atoms with Crippen molar-refractivity contribution in [2.75, 3.05) is 48.9 Å². The monoisotopic (exact) mass is 1430 g/mol. The van der Waals surface area contributed by atoms with Gasteiger partial charge in [0.1, 0.15) is 11.5 Å². The number of ether oxygens (including phenoxy) is 6. The summed E-state index contributed by atoms with van der Waals surface area (Å²) in [6.45, 7) is -1.26. The summed E-state index contributed by atoms with van der Waals surface area (Å²) < 4.78 is 129. The Kier molecular flexibility index (Phi) is 21.8. The molecule has 0 unspecified atom stereocenters. The van der Waals surface area contributed by atoms with Gasteiger partial charge in [-0.2, -0.15) is 8.78 Å². The SMILES string of the molecule is COc1ccc(Oc2nc3ccccc3nc2C(=O)Nc2cccc(S(C)(=O)=O)c2)c(OC)c1.CS(=O)(=O)c1cccc(NC(=O)c2nc3ccccc3nc2Oc2ccccc2OC(F)F)c1.Cc1cc(Cl)ccc1Oc1nc2ccccc2nc1C(=O)Nc1cccc(S(C)(=O)=O)c1. The molecule has 510 valence electrons. The zero-order valence-electron chi connectivity index (χ0n) is 53.4. The van der Waals surface area contributed by atoms with Crippen molar-refractivity contribution in [3.63, 3.8) is 0 Å². The van der Waals surface area contributed by atoms with Gasteiger partial charge in [-0.1, -0.05) is 78.3 Å². The molecule has 0 atom stereocenters. The predicted molar refractivity (Wildman–Crippen MR) is 370 cm³/mol. The average Bonchev–Trinajstić information content (AvgIpc) is 0.802. The van der Waals surface area contributed by atoms with Crippen molar-refractivity contribution in [2.24, 2.45) is 0 Å². The number of halogens is 3. The molecule has 24 nitrogen and oxygen atoms in total. The van der Waals surface area contributed by atoms with Crippen LogP contribution in [-0.4, -0.2) is 112 Å². The normalized spacial score (nSPS) is 11.3. The van der Waals surface area contributed by atoms with E-state index in [2.05, 4.69) is 50.6 Å². The maximum absolute atomic E-state index is 13.2. The highest BCUT2D eigenvalue weighted by Crippen LogP contribution is 2.38. The summed E-state index contributed by atoms with van der Waals surface area (Å²) in [5, 5.41) is 8.48. The molecule has 9 aromatic carbocycles. The first-order valence-electron chi connectivity index (χ1n) is 29.4. The molecule has 0 aliphatic carbocycles. The topological polar surface area (TPSA) is 322 Å². The second-order valence-corrected chi connectivity index (χ2v) is 27.9. The molecule has 12 rings (SSSR count). The van der Waals surface area contributed by atoms with Crippen LogP contribution in [0, 0.1) is 6.92 Å². The number of para-hydroxylation sites is 8. The van der Waals surface area contributed by atoms with E-state index < -0.39 is 53.8 Å². The lowest BCUT2D eigenvalue weighted by Crippen LogP contribution is -2.16. The van der Waals surface area contributed by atoms with Crippen LogP contribution >= 0.6 is 11.6 Å². The number of carbonyl (C=O) groups is 3. The number of hydrogen-bond acceptors (Lipinski definition) is 21. The van der Waals surface area contributed by atoms with Crippen molar-refractivity contribution in [3.8, 4) is 52.1 Å². The molecule has 0 saturated heterocycles. The maximum Gasteiger partial charge on any atom is 0.387 e. The summed E-state index contributed by atoms with van der Waals surface area (Å²) in [7, 11) is -7.35. The van der Waals surface area contributed by atoms with Gasteiger partial charge in [-0.3, -0.25) is 14.4 Å². The molecule has 0 bridgehead atoms. The Morgan fingerprint density at radius 1 is 0.390 bits per heavy atom. The third-order valence-electron chi connectivity index (χ3n) is 14.0. The summed E-state index contributed by atoms with van der Waals surface area (Å²) in [5.74, 6) is -0.842. The standard InChI is InChI=1S/C24H21N3O6S.C23H18ClN3O4S.C23H17F2N3O5S/c1-31-16-11-12-20(21(14-16)32-2)33-24-22(26-18-9-4-5-10-19(18)27-24)23(28)25-15-7-6-8-17(13-15)34(3,29)30;1-14-12-15(24)10-11-20(14)31-23-21(26-18-8-3-4-9-19(18)27-23)22(28)25-16-6-5-7-17(13-16)32(2,29)30;1-34(30,31)15-8-6-7-14(13-15)26-21(29)20-22(28-17-10-3-2-9-16(17)27-20)32-18-11-4-5-12-19(18)33-23(24)25/h4-14H,1-3H3,(H,25,28);3-13H,1-2H3,(H,25,28);2-13,23H,1H3,(H,26,29). The fourth-order valence-corrected chi connectivity index (χ4v) is 11.4. The van der Waals surface area contributed by atoms with E-state index in [9.17, 15) is 48.4 Å². The van der Waals surface area contributed by atoms with Crippen LogP contribution in [0.15, 0.2) is 221 Å². The molecule has 0 aliphatic rings. The largest absolute Gasteiger partial charge is 0.497 e. The number of nitrogens with one attached hydrogen (secondary N) is 3. The second kappa shape index (κ2) is 30.7. The van der Waals surface area contributed by atoms with E-state index in [1.54, 1.807) is 127 Å². The smallest absolute Gasteiger partial charge is 0.387 e. The number of benzene rings is 9. The molecule has 3 N–H and O–H groups in total. The lowest BCUT2D eigenvalue weighted by Gasteiger charge is -2.14. The van der Waals surface area contributed by atoms with E-state index in [0.29, 0.717) is 66.8 Å². The Morgan fingerprint density at radius 3 is 1.08 bits per heavy atom. The van der Waals surface area contributed by atoms with Gasteiger partial charge in [-0.05, 0) is 146 Å². The summed E-state index contributed by atoms with van der Waals surface area (Å²) in [4.78, 5) is 66.1. The van der Waals surface area contributed by atoms with Gasteiger partial charge < -0.3 is 44.4 Å². The van der Waals surface area contributed by atoms with Crippen molar-refractivity contribution >= 4 is 109 Å². The molecule has 3 heterocycles. The lowest BCUT2D eigenvalue weighted by molar-refractivity contribution is -0.0510. The lowest BCUT2D eigenvalue weighted by atomic mass is 10.2. The third kappa shape index (κ3) is 18.1. The molecule has 0 saturated carbocycles. The first-order chi connectivity index (χ1) is 47.7. The van der Waals surface area contributed by atoms with Gasteiger partial charge in [0.15, 0.2) is 69.6 Å². The predicted octanol–water partition coefficient (Wildman–Crippen LogP) is 13.8. The van der Waals surface area contributed by atoms with E-state index in [-0.39, 0.29) is 72.3 Å². The first-order valence-corrected chi connectivity index (χ1v) is 35.4. The average molecular weight is 1430 g/mol. The summed E-state index contributed by atoms with van der Waals surface area (Å²) >= 11 is 6.02. The number of hydrogen-bond donors (Lipinski definition) is 3. The number of aromatic nitrogens is 6. The second-order valence-electron chi connectivity index (χ2n) is 21.4. The number of anilines is 3. The van der Waals surface area contributed by atoms with Crippen LogP contribution in [0.3, 0.4) is 0 Å². The van der Waals surface area contributed by atoms with Crippen molar-refractivity contribution in [3.05, 3.63) is 234 Å². The first kappa shape index (κ1) is 71.0. The minimum atomic E-state index is -3.50. The Hall–Kier alpha value is -11.8. The highest BCUT2D eigenvalue weighted by Gasteiger charge is 2.25. The fraction of sp³-hybridized carbons (Fsp3) is 0.100. The molecule has 30 heteroatoms. The van der Waals surface area contributed by atoms with Gasteiger partial charge in [0.05, 0.1) is 62.0 Å². The molecule has 0 aliphatic heterocycles. The molecule has 0 radical (unpaired) electrons. The van der Waals surface area contributed by atoms with Gasteiger partial charge in [0.2, 0.25) is 0 Å². The Bertz CT molecular complexity index is 5490. The van der Waals surface area contributed by atoms with Crippen molar-refractivity contribution in [1.29, 1.82) is 0 Å². The number of fused-ring (bicyclic) bond motifs is 3. The Balaban J connectivity index is 0.000000162. The van der Waals surface area contributed by atoms with Crippen LogP contribution in [0.4, 0.5) is 25.8 Å². The van der Waals surface area contributed by atoms with Crippen LogP contribution < -0.4 is 44.4 Å². The van der Waals surface area contributed by atoms with Crippen molar-refractivity contribution in [2.45, 2.75) is 28.2 Å². The molecular formula is C70H56ClF2N9O15S3. The van der Waals surface area contributed by atoms with Crippen molar-refractivity contribution in [1.82, 2.24) is 29.9 Å². The quantitative estimate of drug-likeness (QED) is 0.0677. The number of nitrogens with zero attached hydrogens (tertiary/aromatic N) is 6. The van der Waals surface area contributed by atoms with Crippen LogP contribution in [0.5, 0.6) is 52.1 Å². The van der Waals surface area contributed by atoms with E-state index in [4.69, 9.17) is 35.3 Å². The molecule has 0 spiro atoms. The third-order valence-corrected chi connectivity index (χ3v) is 17.6. The number of aryl methyl sites for hydroxylation is 1. The number of carbonyl (C=O) groups excluding carboxylic acids is 3. The summed E-state index contributed by atoms with van der Waals surface area (Å²) in [6.07, 6.45) is 3.24. The van der Waals surface area contributed by atoms with E-state index in [1.807, 2.05) is 13.0 Å².